The third-order valence-electron chi connectivity index (χ3n) is 7.74. The molecule has 0 saturated heterocycles. The molecule has 1 aliphatic heterocycles. The summed E-state index contributed by atoms with van der Waals surface area (Å²) in [6, 6.07) is 4.00. The minimum atomic E-state index is -0.976. The third-order valence-corrected chi connectivity index (χ3v) is 7.74. The second kappa shape index (κ2) is 10.7. The Morgan fingerprint density at radius 1 is 1.26 bits per heavy atom. The zero-order valence-electron chi connectivity index (χ0n) is 21.5. The summed E-state index contributed by atoms with van der Waals surface area (Å²) in [5.74, 6) is 0.839. The van der Waals surface area contributed by atoms with Gasteiger partial charge in [-0.15, -0.1) is 0 Å². The lowest BCUT2D eigenvalue weighted by Gasteiger charge is -2.47. The number of allylic oxidation sites excluding steroid dienone is 1. The molecule has 0 bridgehead atoms. The van der Waals surface area contributed by atoms with Crippen LogP contribution in [0, 0.1) is 5.92 Å². The Bertz CT molecular complexity index is 904. The third kappa shape index (κ3) is 5.77. The van der Waals surface area contributed by atoms with E-state index in [1.807, 2.05) is 12.1 Å². The van der Waals surface area contributed by atoms with E-state index in [2.05, 4.69) is 46.0 Å². The quantitative estimate of drug-likeness (QED) is 0.369. The molecular formula is C28H43NO5. The Kier molecular flexibility index (Phi) is 8.35. The van der Waals surface area contributed by atoms with Crippen LogP contribution in [0.1, 0.15) is 96.6 Å². The summed E-state index contributed by atoms with van der Waals surface area (Å²) in [4.78, 5) is 12.7. The topological polar surface area (TPSA) is 99.0 Å². The molecule has 0 fully saturated rings. The van der Waals surface area contributed by atoms with Crippen LogP contribution in [0.3, 0.4) is 0 Å². The molecule has 6 heteroatoms. The highest BCUT2D eigenvalue weighted by Crippen LogP contribution is 2.55. The lowest BCUT2D eigenvalue weighted by atomic mass is 9.66. The van der Waals surface area contributed by atoms with Crippen LogP contribution in [0.15, 0.2) is 23.8 Å². The molecule has 6 nitrogen and oxygen atoms in total. The van der Waals surface area contributed by atoms with Crippen molar-refractivity contribution in [3.63, 3.8) is 0 Å². The molecule has 1 aromatic rings. The van der Waals surface area contributed by atoms with Gasteiger partial charge in [-0.25, -0.2) is 0 Å². The Morgan fingerprint density at radius 2 is 2.00 bits per heavy atom. The van der Waals surface area contributed by atoms with Crippen molar-refractivity contribution in [2.24, 2.45) is 5.92 Å². The maximum atomic E-state index is 12.7. The average Bonchev–Trinajstić information content (AvgIpc) is 2.78. The minimum absolute atomic E-state index is 0.00785. The van der Waals surface area contributed by atoms with Crippen LogP contribution in [0.5, 0.6) is 11.5 Å². The molecule has 0 aromatic heterocycles. The molecule has 0 saturated carbocycles. The van der Waals surface area contributed by atoms with Crippen LogP contribution in [0.25, 0.3) is 0 Å². The molecule has 1 amide bonds. The lowest BCUT2D eigenvalue weighted by molar-refractivity contribution is -0.118. The first-order valence-electron chi connectivity index (χ1n) is 12.8. The van der Waals surface area contributed by atoms with Crippen LogP contribution >= 0.6 is 0 Å². The van der Waals surface area contributed by atoms with Gasteiger partial charge in [0.2, 0.25) is 5.91 Å². The molecule has 190 valence electrons. The predicted molar refractivity (Wildman–Crippen MR) is 134 cm³/mol. The number of rotatable bonds is 10. The van der Waals surface area contributed by atoms with Crippen molar-refractivity contribution in [1.82, 2.24) is 5.32 Å². The second-order valence-corrected chi connectivity index (χ2v) is 11.2. The van der Waals surface area contributed by atoms with E-state index < -0.39 is 18.3 Å². The second-order valence-electron chi connectivity index (χ2n) is 11.2. The number of fused-ring (bicyclic) bond motifs is 3. The van der Waals surface area contributed by atoms with E-state index in [1.165, 1.54) is 19.3 Å². The van der Waals surface area contributed by atoms with E-state index in [4.69, 9.17) is 9.84 Å². The van der Waals surface area contributed by atoms with Gasteiger partial charge in [0.05, 0.1) is 12.7 Å². The number of hydrogen-bond donors (Lipinski definition) is 4. The molecule has 0 spiro atoms. The van der Waals surface area contributed by atoms with Gasteiger partial charge in [0, 0.05) is 29.5 Å². The fourth-order valence-corrected chi connectivity index (χ4v) is 5.50. The summed E-state index contributed by atoms with van der Waals surface area (Å²) in [6.45, 7) is 10.5. The standard InChI is InChI=1S/C28H43NO5/c1-6-7-8-9-12-27(2,3)19-14-23(32)25-21-13-18(26(33)29-16-20(31)17-30)10-11-22(21)28(4,5)34-24(25)15-19/h10,14-15,20-22,30-32H,6-9,11-13,16-17H2,1-5H3,(H,29,33)/t20-,21-,22-/m1/s1. The van der Waals surface area contributed by atoms with Gasteiger partial charge in [0.25, 0.3) is 0 Å². The molecule has 3 rings (SSSR count). The Labute approximate surface area is 204 Å². The van der Waals surface area contributed by atoms with Crippen molar-refractivity contribution >= 4 is 5.91 Å². The highest BCUT2D eigenvalue weighted by molar-refractivity contribution is 5.93. The summed E-state index contributed by atoms with van der Waals surface area (Å²) in [5, 5.41) is 32.5. The molecule has 2 aliphatic rings. The highest BCUT2D eigenvalue weighted by Gasteiger charge is 2.47. The molecule has 1 heterocycles. The number of carbonyl (C=O) groups is 1. The number of phenolic OH excluding ortho intramolecular Hbond substituents is 1. The van der Waals surface area contributed by atoms with Crippen molar-refractivity contribution in [2.45, 2.75) is 103 Å². The van der Waals surface area contributed by atoms with Gasteiger partial charge >= 0.3 is 0 Å². The number of phenols is 1. The number of unbranched alkanes of at least 4 members (excludes halogenated alkanes) is 3. The number of hydrogen-bond acceptors (Lipinski definition) is 5. The first-order valence-corrected chi connectivity index (χ1v) is 12.8. The normalized spacial score (nSPS) is 22.1. The number of carbonyl (C=O) groups excluding carboxylic acids is 1. The predicted octanol–water partition coefficient (Wildman–Crippen LogP) is 4.70. The average molecular weight is 474 g/mol. The van der Waals surface area contributed by atoms with Gasteiger partial charge < -0.3 is 25.4 Å². The summed E-state index contributed by atoms with van der Waals surface area (Å²) in [5.41, 5.74) is 2.02. The Hall–Kier alpha value is -2.05. The van der Waals surface area contributed by atoms with Gasteiger partial charge in [-0.05, 0) is 56.2 Å². The molecule has 34 heavy (non-hydrogen) atoms. The monoisotopic (exact) mass is 473 g/mol. The van der Waals surface area contributed by atoms with E-state index in [0.29, 0.717) is 18.4 Å². The smallest absolute Gasteiger partial charge is 0.246 e. The Balaban J connectivity index is 1.86. The molecule has 3 atom stereocenters. The van der Waals surface area contributed by atoms with Crippen LogP contribution in [-0.2, 0) is 10.2 Å². The number of nitrogens with one attached hydrogen (secondary N) is 1. The summed E-state index contributed by atoms with van der Waals surface area (Å²) >= 11 is 0. The number of aliphatic hydroxyl groups excluding tert-OH is 2. The number of ether oxygens (including phenoxy) is 1. The first kappa shape index (κ1) is 26.6. The molecule has 4 N–H and O–H groups in total. The zero-order chi connectivity index (χ0) is 25.1. The van der Waals surface area contributed by atoms with Gasteiger partial charge in [-0.2, -0.15) is 0 Å². The maximum Gasteiger partial charge on any atom is 0.246 e. The number of amides is 1. The maximum absolute atomic E-state index is 12.7. The number of aliphatic hydroxyl groups is 2. The van der Waals surface area contributed by atoms with E-state index in [1.54, 1.807) is 0 Å². The molecule has 0 unspecified atom stereocenters. The fraction of sp³-hybridized carbons (Fsp3) is 0.679. The van der Waals surface area contributed by atoms with Crippen molar-refractivity contribution in [2.75, 3.05) is 13.2 Å². The molecule has 0 radical (unpaired) electrons. The molecule has 1 aliphatic carbocycles. The van der Waals surface area contributed by atoms with Crippen molar-refractivity contribution in [1.29, 1.82) is 0 Å². The number of aromatic hydroxyl groups is 1. The van der Waals surface area contributed by atoms with Gasteiger partial charge in [-0.1, -0.05) is 52.5 Å². The summed E-state index contributed by atoms with van der Waals surface area (Å²) < 4.78 is 6.49. The van der Waals surface area contributed by atoms with Crippen LogP contribution in [-0.4, -0.2) is 46.1 Å². The van der Waals surface area contributed by atoms with Gasteiger partial charge in [-0.3, -0.25) is 4.79 Å². The van der Waals surface area contributed by atoms with Crippen molar-refractivity contribution < 1.29 is 24.9 Å². The molecular weight excluding hydrogens is 430 g/mol. The first-order chi connectivity index (χ1) is 16.0. The number of benzene rings is 1. The largest absolute Gasteiger partial charge is 0.508 e. The Morgan fingerprint density at radius 3 is 2.68 bits per heavy atom. The summed E-state index contributed by atoms with van der Waals surface area (Å²) in [6.07, 6.45) is 8.02. The summed E-state index contributed by atoms with van der Waals surface area (Å²) in [7, 11) is 0. The molecule has 1 aromatic carbocycles. The van der Waals surface area contributed by atoms with Crippen LogP contribution < -0.4 is 10.1 Å². The van der Waals surface area contributed by atoms with Gasteiger partial charge in [0.1, 0.15) is 17.1 Å². The van der Waals surface area contributed by atoms with Gasteiger partial charge in [0.15, 0.2) is 0 Å². The van der Waals surface area contributed by atoms with Crippen LogP contribution in [0.2, 0.25) is 0 Å². The zero-order valence-corrected chi connectivity index (χ0v) is 21.5. The van der Waals surface area contributed by atoms with E-state index >= 15 is 0 Å². The fourth-order valence-electron chi connectivity index (χ4n) is 5.50. The van der Waals surface area contributed by atoms with Crippen LogP contribution in [0.4, 0.5) is 0 Å². The van der Waals surface area contributed by atoms with Crippen molar-refractivity contribution in [3.8, 4) is 11.5 Å². The minimum Gasteiger partial charge on any atom is -0.508 e. The van der Waals surface area contributed by atoms with E-state index in [-0.39, 0.29) is 35.5 Å². The van der Waals surface area contributed by atoms with E-state index in [9.17, 15) is 15.0 Å². The highest BCUT2D eigenvalue weighted by atomic mass is 16.5. The lowest BCUT2D eigenvalue weighted by Crippen LogP contribution is -2.46. The SMILES string of the molecule is CCCCCCC(C)(C)c1cc(O)c2c(c1)OC(C)(C)[C@@H]1CC=C(C(=O)NC[C@@H](O)CO)C[C@@H]21. The van der Waals surface area contributed by atoms with E-state index in [0.717, 1.165) is 29.7 Å². The van der Waals surface area contributed by atoms with Crippen molar-refractivity contribution in [3.05, 3.63) is 34.9 Å².